The molecule has 11 heteroatoms. The van der Waals surface area contributed by atoms with E-state index in [-0.39, 0.29) is 34.6 Å². The van der Waals surface area contributed by atoms with Crippen molar-refractivity contribution in [1.82, 2.24) is 14.6 Å². The second-order valence-corrected chi connectivity index (χ2v) is 6.99. The molecule has 0 radical (unpaired) electrons. The molecule has 0 aliphatic carbocycles. The van der Waals surface area contributed by atoms with Crippen LogP contribution in [0.5, 0.6) is 0 Å². The van der Waals surface area contributed by atoms with E-state index >= 15 is 0 Å². The monoisotopic (exact) mass is 428 g/mol. The molecule has 1 aromatic carbocycles. The summed E-state index contributed by atoms with van der Waals surface area (Å²) in [6.07, 6.45) is -9.76. The first kappa shape index (κ1) is 20.2. The topological polar surface area (TPSA) is 59.3 Å². The Morgan fingerprint density at radius 3 is 2.33 bits per heavy atom. The zero-order valence-electron chi connectivity index (χ0n) is 15.7. The number of carbonyl (C=O) groups is 1. The van der Waals surface area contributed by atoms with Crippen molar-refractivity contribution >= 4 is 17.2 Å². The molecule has 4 rings (SSSR count). The fourth-order valence-corrected chi connectivity index (χ4v) is 3.58. The first-order chi connectivity index (χ1) is 13.9. The maximum Gasteiger partial charge on any atom is 0.418 e. The number of carbonyl (C=O) groups excluding carboxylic acids is 1. The molecule has 158 valence electrons. The van der Waals surface area contributed by atoms with E-state index in [2.05, 4.69) is 15.4 Å². The number of amides is 1. The zero-order chi connectivity index (χ0) is 22.0. The Morgan fingerprint density at radius 1 is 1.07 bits per heavy atom. The van der Waals surface area contributed by atoms with E-state index in [9.17, 15) is 31.1 Å². The normalized spacial score (nSPS) is 14.3. The minimum absolute atomic E-state index is 0.0255. The van der Waals surface area contributed by atoms with Crippen LogP contribution < -0.4 is 5.32 Å². The van der Waals surface area contributed by atoms with E-state index in [1.807, 2.05) is 0 Å². The standard InChI is InChI=1S/C19H14F6N4O/c1-3-13-26-17-8(2)4-12(19(23,24)25)16(29(17)28-13)10-5-9-7-14(30)27-15(9)11(6-10)18(20,21)22/h4-6H,3,7H2,1-2H3,(H,27,30). The lowest BCUT2D eigenvalue weighted by Crippen LogP contribution is -2.14. The number of alkyl halides is 6. The van der Waals surface area contributed by atoms with Gasteiger partial charge in [-0.05, 0) is 36.2 Å². The Kier molecular flexibility index (Phi) is 4.33. The van der Waals surface area contributed by atoms with Crippen molar-refractivity contribution in [3.05, 3.63) is 46.3 Å². The molecule has 3 heterocycles. The molecule has 0 saturated carbocycles. The van der Waals surface area contributed by atoms with Gasteiger partial charge in [0, 0.05) is 12.0 Å². The molecule has 0 fully saturated rings. The van der Waals surface area contributed by atoms with Gasteiger partial charge in [-0.15, -0.1) is 0 Å². The quantitative estimate of drug-likeness (QED) is 0.597. The number of benzene rings is 1. The van der Waals surface area contributed by atoms with E-state index in [1.54, 1.807) is 6.92 Å². The summed E-state index contributed by atoms with van der Waals surface area (Å²) in [4.78, 5) is 15.9. The van der Waals surface area contributed by atoms with Crippen molar-refractivity contribution in [1.29, 1.82) is 0 Å². The highest BCUT2D eigenvalue weighted by molar-refractivity contribution is 6.01. The Bertz CT molecular complexity index is 1190. The summed E-state index contributed by atoms with van der Waals surface area (Å²) in [5.41, 5.74) is -3.39. The van der Waals surface area contributed by atoms with Gasteiger partial charge in [0.25, 0.3) is 0 Å². The molecule has 1 aliphatic heterocycles. The number of anilines is 1. The molecule has 1 aliphatic rings. The summed E-state index contributed by atoms with van der Waals surface area (Å²) in [5, 5.41) is 6.22. The molecule has 0 saturated heterocycles. The van der Waals surface area contributed by atoms with Crippen molar-refractivity contribution in [2.24, 2.45) is 0 Å². The van der Waals surface area contributed by atoms with Crippen LogP contribution >= 0.6 is 0 Å². The van der Waals surface area contributed by atoms with Crippen molar-refractivity contribution < 1.29 is 31.1 Å². The van der Waals surface area contributed by atoms with Crippen LogP contribution in [0.15, 0.2) is 18.2 Å². The first-order valence-corrected chi connectivity index (χ1v) is 8.91. The highest BCUT2D eigenvalue weighted by Gasteiger charge is 2.40. The highest BCUT2D eigenvalue weighted by Crippen LogP contribution is 2.44. The van der Waals surface area contributed by atoms with Crippen LogP contribution in [0.4, 0.5) is 32.0 Å². The SMILES string of the molecule is CCc1nc2c(C)cc(C(F)(F)F)c(-c3cc4c(c(C(F)(F)F)c3)NC(=O)C4)n2n1. The van der Waals surface area contributed by atoms with Crippen LogP contribution in [-0.4, -0.2) is 20.5 Å². The molecule has 0 unspecified atom stereocenters. The van der Waals surface area contributed by atoms with Crippen LogP contribution in [0, 0.1) is 6.92 Å². The van der Waals surface area contributed by atoms with Crippen molar-refractivity contribution in [3.63, 3.8) is 0 Å². The Balaban J connectivity index is 2.11. The smallest absolute Gasteiger partial charge is 0.325 e. The van der Waals surface area contributed by atoms with Gasteiger partial charge in [-0.1, -0.05) is 6.92 Å². The number of hydrogen-bond donors (Lipinski definition) is 1. The van der Waals surface area contributed by atoms with Gasteiger partial charge in [-0.2, -0.15) is 31.4 Å². The first-order valence-electron chi connectivity index (χ1n) is 8.91. The number of aryl methyl sites for hydroxylation is 2. The molecule has 0 spiro atoms. The average Bonchev–Trinajstić information content (AvgIpc) is 3.21. The minimum Gasteiger partial charge on any atom is -0.325 e. The average molecular weight is 428 g/mol. The van der Waals surface area contributed by atoms with Crippen LogP contribution in [0.3, 0.4) is 0 Å². The van der Waals surface area contributed by atoms with Gasteiger partial charge < -0.3 is 5.32 Å². The molecule has 1 amide bonds. The van der Waals surface area contributed by atoms with Crippen LogP contribution in [-0.2, 0) is 30.0 Å². The molecule has 1 N–H and O–H groups in total. The van der Waals surface area contributed by atoms with Gasteiger partial charge in [0.2, 0.25) is 5.91 Å². The van der Waals surface area contributed by atoms with E-state index in [0.29, 0.717) is 12.5 Å². The van der Waals surface area contributed by atoms with Gasteiger partial charge in [0.05, 0.1) is 28.9 Å². The second-order valence-electron chi connectivity index (χ2n) is 6.99. The number of rotatable bonds is 2. The highest BCUT2D eigenvalue weighted by atomic mass is 19.4. The fraction of sp³-hybridized carbons (Fsp3) is 0.316. The van der Waals surface area contributed by atoms with E-state index in [1.165, 1.54) is 6.92 Å². The zero-order valence-corrected chi connectivity index (χ0v) is 15.7. The number of halogens is 6. The minimum atomic E-state index is -4.88. The summed E-state index contributed by atoms with van der Waals surface area (Å²) >= 11 is 0. The van der Waals surface area contributed by atoms with Crippen LogP contribution in [0.25, 0.3) is 16.9 Å². The third-order valence-electron chi connectivity index (χ3n) is 4.87. The van der Waals surface area contributed by atoms with Gasteiger partial charge in [-0.3, -0.25) is 4.79 Å². The summed E-state index contributed by atoms with van der Waals surface area (Å²) in [5.74, 6) is -0.403. The molecule has 30 heavy (non-hydrogen) atoms. The molecule has 3 aromatic rings. The fourth-order valence-electron chi connectivity index (χ4n) is 3.58. The molecule has 5 nitrogen and oxygen atoms in total. The lowest BCUT2D eigenvalue weighted by atomic mass is 9.97. The molecular weight excluding hydrogens is 414 g/mol. The summed E-state index contributed by atoms with van der Waals surface area (Å²) in [7, 11) is 0. The van der Waals surface area contributed by atoms with Crippen molar-refractivity contribution in [2.75, 3.05) is 5.32 Å². The van der Waals surface area contributed by atoms with Gasteiger partial charge in [-0.25, -0.2) is 9.50 Å². The molecule has 2 aromatic heterocycles. The maximum absolute atomic E-state index is 13.9. The summed E-state index contributed by atoms with van der Waals surface area (Å²) < 4.78 is 83.4. The second kappa shape index (κ2) is 6.44. The number of hydrogen-bond acceptors (Lipinski definition) is 3. The number of nitrogens with one attached hydrogen (secondary N) is 1. The van der Waals surface area contributed by atoms with Gasteiger partial charge in [0.1, 0.15) is 0 Å². The Hall–Kier alpha value is -3.11. The maximum atomic E-state index is 13.9. The summed E-state index contributed by atoms with van der Waals surface area (Å²) in [6.45, 7) is 3.14. The Labute approximate surface area is 165 Å². The van der Waals surface area contributed by atoms with Crippen LogP contribution in [0.2, 0.25) is 0 Å². The third kappa shape index (κ3) is 3.17. The number of pyridine rings is 1. The van der Waals surface area contributed by atoms with E-state index in [0.717, 1.165) is 16.6 Å². The Morgan fingerprint density at radius 2 is 1.73 bits per heavy atom. The number of fused-ring (bicyclic) bond motifs is 2. The van der Waals surface area contributed by atoms with Crippen molar-refractivity contribution in [3.8, 4) is 11.3 Å². The lowest BCUT2D eigenvalue weighted by molar-refractivity contribution is -0.137. The largest absolute Gasteiger partial charge is 0.418 e. The van der Waals surface area contributed by atoms with E-state index < -0.39 is 40.8 Å². The summed E-state index contributed by atoms with van der Waals surface area (Å²) in [6, 6.07) is 2.62. The predicted octanol–water partition coefficient (Wildman–Crippen LogP) is 4.80. The number of aromatic nitrogens is 3. The molecule has 0 bridgehead atoms. The van der Waals surface area contributed by atoms with Crippen LogP contribution in [0.1, 0.15) is 35.0 Å². The molecule has 0 atom stereocenters. The number of nitrogens with zero attached hydrogens (tertiary/aromatic N) is 3. The third-order valence-corrected chi connectivity index (χ3v) is 4.87. The van der Waals surface area contributed by atoms with E-state index in [4.69, 9.17) is 0 Å². The predicted molar refractivity (Wildman–Crippen MR) is 94.9 cm³/mol. The lowest BCUT2D eigenvalue weighted by Gasteiger charge is -2.18. The van der Waals surface area contributed by atoms with Gasteiger partial charge >= 0.3 is 12.4 Å². The van der Waals surface area contributed by atoms with Gasteiger partial charge in [0.15, 0.2) is 11.5 Å². The van der Waals surface area contributed by atoms with Crippen molar-refractivity contribution in [2.45, 2.75) is 39.0 Å². The molecular formula is C19H14F6N4O.